The largest absolute Gasteiger partial charge is 1.00 e. The minimum atomic E-state index is 0. The SMILES string of the molecule is Cc1cnc([S-])[nH]1.[Na+]. The molecule has 38 valence electrons. The van der Waals surface area contributed by atoms with Gasteiger partial charge in [-0.1, -0.05) is 0 Å². The first-order valence-corrected chi connectivity index (χ1v) is 2.38. The molecule has 0 atom stereocenters. The summed E-state index contributed by atoms with van der Waals surface area (Å²) in [6, 6.07) is 0. The van der Waals surface area contributed by atoms with Gasteiger partial charge in [0, 0.05) is 11.9 Å². The molecule has 0 aromatic carbocycles. The number of nitrogens with zero attached hydrogens (tertiary/aromatic N) is 1. The minimum absolute atomic E-state index is 0. The summed E-state index contributed by atoms with van der Waals surface area (Å²) in [5, 5.41) is 0.567. The van der Waals surface area contributed by atoms with Crippen LogP contribution in [0.3, 0.4) is 0 Å². The fourth-order valence-corrected chi connectivity index (χ4v) is 0.602. The van der Waals surface area contributed by atoms with Crippen LogP contribution in [0.25, 0.3) is 0 Å². The fourth-order valence-electron chi connectivity index (χ4n) is 0.389. The summed E-state index contributed by atoms with van der Waals surface area (Å²) < 4.78 is 0. The average Bonchev–Trinajstić information content (AvgIpc) is 1.87. The van der Waals surface area contributed by atoms with Gasteiger partial charge in [0.2, 0.25) is 0 Å². The molecule has 0 amide bonds. The van der Waals surface area contributed by atoms with Crippen molar-refractivity contribution in [1.29, 1.82) is 0 Å². The zero-order valence-corrected chi connectivity index (χ0v) is 7.75. The molecule has 1 aromatic rings. The van der Waals surface area contributed by atoms with Crippen molar-refractivity contribution < 1.29 is 29.6 Å². The van der Waals surface area contributed by atoms with E-state index in [-0.39, 0.29) is 29.6 Å². The van der Waals surface area contributed by atoms with Crippen LogP contribution in [0.1, 0.15) is 5.69 Å². The van der Waals surface area contributed by atoms with Gasteiger partial charge in [0.1, 0.15) is 0 Å². The first kappa shape index (κ1) is 8.43. The van der Waals surface area contributed by atoms with Gasteiger partial charge < -0.3 is 17.6 Å². The van der Waals surface area contributed by atoms with E-state index < -0.39 is 0 Å². The van der Waals surface area contributed by atoms with Crippen molar-refractivity contribution in [3.63, 3.8) is 0 Å². The van der Waals surface area contributed by atoms with Crippen LogP contribution in [0.4, 0.5) is 0 Å². The molecule has 2 nitrogen and oxygen atoms in total. The number of aromatic amines is 1. The molecule has 1 N–H and O–H groups in total. The maximum Gasteiger partial charge on any atom is 1.00 e. The standard InChI is InChI=1S/C4H6N2S.Na/c1-3-2-5-4(7)6-3;/h2H,1H3,(H2,5,6,7);/q;+1/p-1. The van der Waals surface area contributed by atoms with Gasteiger partial charge in [-0.25, -0.2) is 0 Å². The van der Waals surface area contributed by atoms with E-state index in [4.69, 9.17) is 0 Å². The van der Waals surface area contributed by atoms with E-state index in [9.17, 15) is 0 Å². The Kier molecular flexibility index (Phi) is 3.64. The topological polar surface area (TPSA) is 28.7 Å². The summed E-state index contributed by atoms with van der Waals surface area (Å²) >= 11 is 4.67. The van der Waals surface area contributed by atoms with E-state index in [2.05, 4.69) is 22.6 Å². The van der Waals surface area contributed by atoms with E-state index in [1.807, 2.05) is 6.92 Å². The van der Waals surface area contributed by atoms with Gasteiger partial charge >= 0.3 is 29.6 Å². The van der Waals surface area contributed by atoms with Crippen molar-refractivity contribution >= 4 is 12.6 Å². The number of hydrogen-bond acceptors (Lipinski definition) is 2. The van der Waals surface area contributed by atoms with Crippen LogP contribution < -0.4 is 29.6 Å². The average molecular weight is 136 g/mol. The predicted octanol–water partition coefficient (Wildman–Crippen LogP) is -2.37. The van der Waals surface area contributed by atoms with Crippen LogP contribution in [-0.4, -0.2) is 9.97 Å². The number of aryl methyl sites for hydroxylation is 1. The van der Waals surface area contributed by atoms with Gasteiger partial charge in [-0.05, 0) is 12.1 Å². The fraction of sp³-hybridized carbons (Fsp3) is 0.250. The minimum Gasteiger partial charge on any atom is -0.742 e. The van der Waals surface area contributed by atoms with Gasteiger partial charge in [-0.15, -0.1) is 0 Å². The molecule has 1 aromatic heterocycles. The Labute approximate surface area is 75.8 Å². The normalized spacial score (nSPS) is 8.12. The molecule has 0 fully saturated rings. The Morgan fingerprint density at radius 1 is 1.75 bits per heavy atom. The summed E-state index contributed by atoms with van der Waals surface area (Å²) in [4.78, 5) is 6.62. The summed E-state index contributed by atoms with van der Waals surface area (Å²) in [5.41, 5.74) is 1.02. The van der Waals surface area contributed by atoms with Crippen LogP contribution in [0.15, 0.2) is 11.4 Å². The van der Waals surface area contributed by atoms with E-state index in [1.165, 1.54) is 0 Å². The second-order valence-corrected chi connectivity index (χ2v) is 1.76. The molecule has 0 unspecified atom stereocenters. The number of aromatic nitrogens is 2. The number of imidazole rings is 1. The van der Waals surface area contributed by atoms with E-state index in [1.54, 1.807) is 6.20 Å². The number of rotatable bonds is 0. The van der Waals surface area contributed by atoms with Crippen LogP contribution in [0.2, 0.25) is 0 Å². The van der Waals surface area contributed by atoms with Crippen LogP contribution in [-0.2, 0) is 12.6 Å². The maximum atomic E-state index is 4.67. The van der Waals surface area contributed by atoms with Crippen molar-refractivity contribution in [1.82, 2.24) is 9.97 Å². The third-order valence-corrected chi connectivity index (χ3v) is 0.887. The van der Waals surface area contributed by atoms with Gasteiger partial charge in [0.15, 0.2) is 0 Å². The Morgan fingerprint density at radius 2 is 2.38 bits per heavy atom. The monoisotopic (exact) mass is 136 g/mol. The third-order valence-electron chi connectivity index (χ3n) is 0.680. The maximum absolute atomic E-state index is 4.67. The van der Waals surface area contributed by atoms with Crippen LogP contribution in [0, 0.1) is 6.92 Å². The van der Waals surface area contributed by atoms with Gasteiger partial charge in [0.25, 0.3) is 0 Å². The smallest absolute Gasteiger partial charge is 0.742 e. The van der Waals surface area contributed by atoms with Crippen LogP contribution >= 0.6 is 0 Å². The summed E-state index contributed by atoms with van der Waals surface area (Å²) in [6.45, 7) is 1.92. The van der Waals surface area contributed by atoms with Gasteiger partial charge in [0.05, 0.1) is 0 Å². The Hall–Kier alpha value is 0.430. The first-order chi connectivity index (χ1) is 3.29. The molecule has 4 heteroatoms. The van der Waals surface area contributed by atoms with Crippen molar-refractivity contribution in [2.24, 2.45) is 0 Å². The quantitative estimate of drug-likeness (QED) is 0.319. The van der Waals surface area contributed by atoms with E-state index >= 15 is 0 Å². The molecular formula is C4H5N2NaS. The van der Waals surface area contributed by atoms with Gasteiger partial charge in [-0.2, -0.15) is 0 Å². The molecule has 1 heterocycles. The molecule has 0 aliphatic heterocycles. The summed E-state index contributed by atoms with van der Waals surface area (Å²) in [5.74, 6) is 0. The van der Waals surface area contributed by atoms with Crippen molar-refractivity contribution in [3.8, 4) is 0 Å². The number of hydrogen-bond donors (Lipinski definition) is 1. The number of nitrogens with one attached hydrogen (secondary N) is 1. The summed E-state index contributed by atoms with van der Waals surface area (Å²) in [7, 11) is 0. The molecule has 0 spiro atoms. The zero-order valence-electron chi connectivity index (χ0n) is 4.93. The second kappa shape index (κ2) is 3.45. The molecule has 0 bridgehead atoms. The van der Waals surface area contributed by atoms with Gasteiger partial charge in [-0.3, -0.25) is 4.98 Å². The Bertz CT molecular complexity index is 146. The Morgan fingerprint density at radius 3 is 2.50 bits per heavy atom. The zero-order chi connectivity index (χ0) is 5.28. The van der Waals surface area contributed by atoms with Crippen molar-refractivity contribution in [3.05, 3.63) is 11.9 Å². The molecule has 1 rings (SSSR count). The molecular weight excluding hydrogens is 131 g/mol. The van der Waals surface area contributed by atoms with Crippen molar-refractivity contribution in [2.45, 2.75) is 12.1 Å². The number of H-pyrrole nitrogens is 1. The van der Waals surface area contributed by atoms with Crippen molar-refractivity contribution in [2.75, 3.05) is 0 Å². The molecule has 0 aliphatic carbocycles. The molecule has 0 aliphatic rings. The first-order valence-electron chi connectivity index (χ1n) is 1.97. The predicted molar refractivity (Wildman–Crippen MR) is 29.0 cm³/mol. The van der Waals surface area contributed by atoms with E-state index in [0.29, 0.717) is 5.16 Å². The van der Waals surface area contributed by atoms with E-state index in [0.717, 1.165) is 5.69 Å². The molecule has 0 saturated heterocycles. The Balaban J connectivity index is 0.000000490. The molecule has 8 heavy (non-hydrogen) atoms. The third kappa shape index (κ3) is 2.13. The summed E-state index contributed by atoms with van der Waals surface area (Å²) in [6.07, 6.45) is 1.71. The molecule has 0 saturated carbocycles. The van der Waals surface area contributed by atoms with Crippen LogP contribution in [0.5, 0.6) is 0 Å². The molecule has 0 radical (unpaired) electrons. The second-order valence-electron chi connectivity index (χ2n) is 1.37.